The van der Waals surface area contributed by atoms with Crippen molar-refractivity contribution in [3.63, 3.8) is 0 Å². The van der Waals surface area contributed by atoms with Crippen molar-refractivity contribution in [1.82, 2.24) is 0 Å². The minimum absolute atomic E-state index is 0.101. The molecule has 0 saturated carbocycles. The first-order valence-corrected chi connectivity index (χ1v) is 6.39. The molecule has 0 heterocycles. The van der Waals surface area contributed by atoms with Crippen LogP contribution in [-0.4, -0.2) is 31.9 Å². The first kappa shape index (κ1) is 15.3. The molecule has 0 aliphatic carbocycles. The predicted molar refractivity (Wildman–Crippen MR) is 73.4 cm³/mol. The van der Waals surface area contributed by atoms with Crippen LogP contribution in [0.1, 0.15) is 31.1 Å². The highest BCUT2D eigenvalue weighted by Gasteiger charge is 2.11. The fraction of sp³-hybridized carbons (Fsp3) is 0.500. The summed E-state index contributed by atoms with van der Waals surface area (Å²) in [6.07, 6.45) is -0.101. The zero-order valence-corrected chi connectivity index (χ0v) is 11.6. The van der Waals surface area contributed by atoms with Gasteiger partial charge in [-0.2, -0.15) is 0 Å². The molecule has 106 valence electrons. The van der Waals surface area contributed by atoms with E-state index in [2.05, 4.69) is 0 Å². The molecule has 0 aliphatic rings. The van der Waals surface area contributed by atoms with Crippen molar-refractivity contribution >= 4 is 11.7 Å². The van der Waals surface area contributed by atoms with Gasteiger partial charge < -0.3 is 19.9 Å². The molecule has 5 heteroatoms. The molecule has 1 aromatic rings. The Bertz CT molecular complexity index is 420. The molecule has 0 radical (unpaired) electrons. The Kier molecular flexibility index (Phi) is 6.15. The smallest absolute Gasteiger partial charge is 0.338 e. The fourth-order valence-corrected chi connectivity index (χ4v) is 1.53. The molecular formula is C14H21NO4. The number of benzene rings is 1. The fourth-order valence-electron chi connectivity index (χ4n) is 1.53. The summed E-state index contributed by atoms with van der Waals surface area (Å²) < 4.78 is 15.8. The van der Waals surface area contributed by atoms with Crippen molar-refractivity contribution < 1.29 is 19.0 Å². The van der Waals surface area contributed by atoms with E-state index in [4.69, 9.17) is 19.9 Å². The van der Waals surface area contributed by atoms with Crippen LogP contribution in [-0.2, 0) is 9.47 Å². The van der Waals surface area contributed by atoms with Gasteiger partial charge in [0, 0.05) is 6.61 Å². The Morgan fingerprint density at radius 2 is 2.05 bits per heavy atom. The third-order valence-corrected chi connectivity index (χ3v) is 2.41. The highest BCUT2D eigenvalue weighted by atomic mass is 16.5. The number of esters is 1. The molecule has 0 aliphatic heterocycles. The van der Waals surface area contributed by atoms with Crippen LogP contribution in [0, 0.1) is 0 Å². The van der Waals surface area contributed by atoms with Crippen LogP contribution in [0.25, 0.3) is 0 Å². The van der Waals surface area contributed by atoms with E-state index < -0.39 is 0 Å². The third-order valence-electron chi connectivity index (χ3n) is 2.41. The van der Waals surface area contributed by atoms with Crippen LogP contribution in [0.4, 0.5) is 5.69 Å². The number of carbonyl (C=O) groups is 1. The summed E-state index contributed by atoms with van der Waals surface area (Å²) in [6.45, 7) is 7.06. The summed E-state index contributed by atoms with van der Waals surface area (Å²) >= 11 is 0. The second-order valence-corrected chi connectivity index (χ2v) is 4.06. The summed E-state index contributed by atoms with van der Waals surface area (Å²) in [5.41, 5.74) is 6.69. The topological polar surface area (TPSA) is 70.8 Å². The summed E-state index contributed by atoms with van der Waals surface area (Å²) in [5.74, 6) is 0.156. The second kappa shape index (κ2) is 7.63. The van der Waals surface area contributed by atoms with E-state index in [0.29, 0.717) is 36.8 Å². The molecule has 1 rings (SSSR count). The Morgan fingerprint density at radius 1 is 1.32 bits per heavy atom. The normalized spacial score (nSPS) is 11.9. The second-order valence-electron chi connectivity index (χ2n) is 4.06. The average Bonchev–Trinajstić information content (AvgIpc) is 2.39. The summed E-state index contributed by atoms with van der Waals surface area (Å²) in [4.78, 5) is 11.5. The maximum absolute atomic E-state index is 11.5. The summed E-state index contributed by atoms with van der Waals surface area (Å²) in [5, 5.41) is 0. The molecule has 1 unspecified atom stereocenters. The minimum atomic E-state index is -0.386. The van der Waals surface area contributed by atoms with Crippen LogP contribution in [0.3, 0.4) is 0 Å². The molecule has 0 saturated heterocycles. The molecular weight excluding hydrogens is 246 g/mol. The van der Waals surface area contributed by atoms with Gasteiger partial charge in [0.25, 0.3) is 0 Å². The van der Waals surface area contributed by atoms with E-state index in [0.717, 1.165) is 0 Å². The lowest BCUT2D eigenvalue weighted by molar-refractivity contribution is 0.0526. The zero-order chi connectivity index (χ0) is 14.3. The number of nitrogen functional groups attached to an aromatic ring is 1. The third kappa shape index (κ3) is 4.79. The van der Waals surface area contributed by atoms with E-state index >= 15 is 0 Å². The summed E-state index contributed by atoms with van der Waals surface area (Å²) in [7, 11) is 0. The van der Waals surface area contributed by atoms with Crippen molar-refractivity contribution in [2.75, 3.05) is 25.6 Å². The van der Waals surface area contributed by atoms with Crippen LogP contribution in [0.2, 0.25) is 0 Å². The Morgan fingerprint density at radius 3 is 2.63 bits per heavy atom. The number of rotatable bonds is 7. The lowest BCUT2D eigenvalue weighted by Crippen LogP contribution is -2.19. The van der Waals surface area contributed by atoms with Crippen LogP contribution < -0.4 is 10.5 Å². The lowest BCUT2D eigenvalue weighted by atomic mass is 10.2. The Hall–Kier alpha value is -1.75. The first-order chi connectivity index (χ1) is 9.08. The number of hydrogen-bond donors (Lipinski definition) is 1. The molecule has 0 spiro atoms. The highest BCUT2D eigenvalue weighted by molar-refractivity contribution is 5.91. The van der Waals surface area contributed by atoms with Gasteiger partial charge in [-0.3, -0.25) is 0 Å². The number of nitrogens with two attached hydrogens (primary N) is 1. The highest BCUT2D eigenvalue weighted by Crippen LogP contribution is 2.24. The minimum Gasteiger partial charge on any atom is -0.486 e. The first-order valence-electron chi connectivity index (χ1n) is 6.39. The number of ether oxygens (including phenoxy) is 3. The molecule has 1 atom stereocenters. The van der Waals surface area contributed by atoms with Gasteiger partial charge in [0.05, 0.1) is 24.5 Å². The number of hydrogen-bond acceptors (Lipinski definition) is 5. The van der Waals surface area contributed by atoms with Crippen LogP contribution in [0.5, 0.6) is 5.75 Å². The molecule has 0 aromatic heterocycles. The van der Waals surface area contributed by atoms with Crippen molar-refractivity contribution in [2.45, 2.75) is 26.9 Å². The Balaban J connectivity index is 2.69. The van der Waals surface area contributed by atoms with Crippen molar-refractivity contribution in [2.24, 2.45) is 0 Å². The maximum atomic E-state index is 11.5. The van der Waals surface area contributed by atoms with Gasteiger partial charge in [0.15, 0.2) is 0 Å². The van der Waals surface area contributed by atoms with E-state index in [9.17, 15) is 4.79 Å². The standard InChI is InChI=1S/C14H21NO4/c1-4-17-9-10(3)19-13-7-6-11(8-12(13)15)14(16)18-5-2/h6-8,10H,4-5,9,15H2,1-3H3. The predicted octanol–water partition coefficient (Wildman–Crippen LogP) is 2.25. The number of carbonyl (C=O) groups excluding carboxylic acids is 1. The van der Waals surface area contributed by atoms with E-state index in [-0.39, 0.29) is 12.1 Å². The van der Waals surface area contributed by atoms with Crippen LogP contribution >= 0.6 is 0 Å². The quantitative estimate of drug-likeness (QED) is 0.606. The zero-order valence-electron chi connectivity index (χ0n) is 11.6. The van der Waals surface area contributed by atoms with Gasteiger partial charge in [-0.15, -0.1) is 0 Å². The molecule has 5 nitrogen and oxygen atoms in total. The number of anilines is 1. The van der Waals surface area contributed by atoms with Gasteiger partial charge in [-0.1, -0.05) is 0 Å². The van der Waals surface area contributed by atoms with Gasteiger partial charge >= 0.3 is 5.97 Å². The molecule has 1 aromatic carbocycles. The van der Waals surface area contributed by atoms with Gasteiger partial charge in [0.2, 0.25) is 0 Å². The Labute approximate surface area is 113 Å². The van der Waals surface area contributed by atoms with E-state index in [1.165, 1.54) is 0 Å². The van der Waals surface area contributed by atoms with Gasteiger partial charge in [-0.05, 0) is 39.0 Å². The SMILES string of the molecule is CCOCC(C)Oc1ccc(C(=O)OCC)cc1N. The monoisotopic (exact) mass is 267 g/mol. The van der Waals surface area contributed by atoms with Crippen molar-refractivity contribution in [3.8, 4) is 5.75 Å². The largest absolute Gasteiger partial charge is 0.486 e. The molecule has 19 heavy (non-hydrogen) atoms. The lowest BCUT2D eigenvalue weighted by Gasteiger charge is -2.16. The molecule has 0 fully saturated rings. The van der Waals surface area contributed by atoms with Gasteiger partial charge in [-0.25, -0.2) is 4.79 Å². The average molecular weight is 267 g/mol. The van der Waals surface area contributed by atoms with Crippen LogP contribution in [0.15, 0.2) is 18.2 Å². The summed E-state index contributed by atoms with van der Waals surface area (Å²) in [6, 6.07) is 4.86. The van der Waals surface area contributed by atoms with Crippen molar-refractivity contribution in [1.29, 1.82) is 0 Å². The van der Waals surface area contributed by atoms with E-state index in [1.807, 2.05) is 13.8 Å². The maximum Gasteiger partial charge on any atom is 0.338 e. The van der Waals surface area contributed by atoms with Gasteiger partial charge in [0.1, 0.15) is 11.9 Å². The molecule has 0 amide bonds. The van der Waals surface area contributed by atoms with Crippen molar-refractivity contribution in [3.05, 3.63) is 23.8 Å². The molecule has 2 N–H and O–H groups in total. The molecule has 0 bridgehead atoms. The van der Waals surface area contributed by atoms with E-state index in [1.54, 1.807) is 25.1 Å².